The number of H-pyrrole nitrogens is 1. The zero-order valence-corrected chi connectivity index (χ0v) is 17.1. The van der Waals surface area contributed by atoms with Crippen LogP contribution in [0.1, 0.15) is 18.1 Å². The summed E-state index contributed by atoms with van der Waals surface area (Å²) < 4.78 is 5.39. The summed E-state index contributed by atoms with van der Waals surface area (Å²) in [6, 6.07) is 28.1. The van der Waals surface area contributed by atoms with Crippen LogP contribution < -0.4 is 5.32 Å². The molecule has 0 aliphatic carbocycles. The van der Waals surface area contributed by atoms with Gasteiger partial charge in [0, 0.05) is 29.6 Å². The molecule has 4 rings (SSSR count). The first-order valence-corrected chi connectivity index (χ1v) is 10.3. The summed E-state index contributed by atoms with van der Waals surface area (Å²) in [5.74, 6) is -0.224. The molecule has 0 saturated carbocycles. The third kappa shape index (κ3) is 4.44. The minimum Gasteiger partial charge on any atom is -0.465 e. The molecule has 0 spiro atoms. The van der Waals surface area contributed by atoms with Gasteiger partial charge in [-0.2, -0.15) is 0 Å². The Kier molecular flexibility index (Phi) is 6.26. The van der Waals surface area contributed by atoms with E-state index in [1.807, 2.05) is 55.5 Å². The quantitative estimate of drug-likeness (QED) is 0.406. The van der Waals surface area contributed by atoms with Crippen LogP contribution in [0.2, 0.25) is 0 Å². The molecular weight excluding hydrogens is 372 g/mol. The molecule has 0 radical (unpaired) electrons. The van der Waals surface area contributed by atoms with Crippen LogP contribution in [0.3, 0.4) is 0 Å². The standard InChI is InChI=1S/C26H26N2O2/c1-2-30-26(29)24(27-18-19-11-5-3-6-12-19)17-22-21-15-9-10-16-23(21)28-25(22)20-13-7-4-8-14-20/h3-16,24,27-28H,2,17-18H2,1H3/t24-/m0/s1. The second kappa shape index (κ2) is 9.42. The van der Waals surface area contributed by atoms with Gasteiger partial charge in [0.1, 0.15) is 6.04 Å². The molecule has 1 aromatic heterocycles. The molecule has 4 nitrogen and oxygen atoms in total. The Balaban J connectivity index is 1.68. The van der Waals surface area contributed by atoms with E-state index in [4.69, 9.17) is 4.74 Å². The molecule has 4 heteroatoms. The third-order valence-corrected chi connectivity index (χ3v) is 5.25. The molecule has 0 fully saturated rings. The van der Waals surface area contributed by atoms with Crippen LogP contribution in [-0.2, 0) is 22.5 Å². The number of aromatic amines is 1. The highest BCUT2D eigenvalue weighted by Gasteiger charge is 2.24. The number of benzene rings is 3. The fourth-order valence-corrected chi connectivity index (χ4v) is 3.79. The minimum atomic E-state index is -0.438. The molecule has 3 aromatic carbocycles. The van der Waals surface area contributed by atoms with Crippen LogP contribution in [0.15, 0.2) is 84.9 Å². The SMILES string of the molecule is CCOC(=O)[C@H](Cc1c(-c2ccccc2)[nH]c2ccccc12)NCc1ccccc1. The number of para-hydroxylation sites is 1. The Bertz CT molecular complexity index is 1100. The lowest BCUT2D eigenvalue weighted by Gasteiger charge is -2.18. The molecule has 0 unspecified atom stereocenters. The van der Waals surface area contributed by atoms with E-state index in [9.17, 15) is 4.79 Å². The monoisotopic (exact) mass is 398 g/mol. The highest BCUT2D eigenvalue weighted by Crippen LogP contribution is 2.31. The lowest BCUT2D eigenvalue weighted by atomic mass is 9.98. The fourth-order valence-electron chi connectivity index (χ4n) is 3.79. The second-order valence-corrected chi connectivity index (χ2v) is 7.27. The lowest BCUT2D eigenvalue weighted by molar-refractivity contribution is -0.145. The number of aromatic nitrogens is 1. The van der Waals surface area contributed by atoms with Crippen molar-refractivity contribution in [1.29, 1.82) is 0 Å². The molecule has 4 aromatic rings. The summed E-state index contributed by atoms with van der Waals surface area (Å²) in [4.78, 5) is 16.3. The van der Waals surface area contributed by atoms with E-state index < -0.39 is 6.04 Å². The maximum Gasteiger partial charge on any atom is 0.323 e. The highest BCUT2D eigenvalue weighted by atomic mass is 16.5. The lowest BCUT2D eigenvalue weighted by Crippen LogP contribution is -2.39. The Morgan fingerprint density at radius 3 is 2.33 bits per heavy atom. The predicted molar refractivity (Wildman–Crippen MR) is 121 cm³/mol. The van der Waals surface area contributed by atoms with Crippen molar-refractivity contribution in [2.45, 2.75) is 25.9 Å². The smallest absolute Gasteiger partial charge is 0.323 e. The topological polar surface area (TPSA) is 54.1 Å². The fraction of sp³-hybridized carbons (Fsp3) is 0.192. The number of fused-ring (bicyclic) bond motifs is 1. The summed E-state index contributed by atoms with van der Waals surface area (Å²) in [5.41, 5.74) is 5.48. The van der Waals surface area contributed by atoms with Gasteiger partial charge in [-0.3, -0.25) is 4.79 Å². The van der Waals surface area contributed by atoms with E-state index in [1.54, 1.807) is 0 Å². The Morgan fingerprint density at radius 2 is 1.60 bits per heavy atom. The molecule has 1 heterocycles. The minimum absolute atomic E-state index is 0.224. The number of hydrogen-bond donors (Lipinski definition) is 2. The first kappa shape index (κ1) is 19.9. The third-order valence-electron chi connectivity index (χ3n) is 5.25. The van der Waals surface area contributed by atoms with Crippen molar-refractivity contribution in [2.24, 2.45) is 0 Å². The van der Waals surface area contributed by atoms with Gasteiger partial charge in [0.25, 0.3) is 0 Å². The van der Waals surface area contributed by atoms with Crippen LogP contribution in [0.25, 0.3) is 22.2 Å². The second-order valence-electron chi connectivity index (χ2n) is 7.27. The summed E-state index contributed by atoms with van der Waals surface area (Å²) >= 11 is 0. The Morgan fingerprint density at radius 1 is 0.933 bits per heavy atom. The van der Waals surface area contributed by atoms with Gasteiger partial charge in [-0.25, -0.2) is 0 Å². The normalized spacial score (nSPS) is 12.0. The first-order valence-electron chi connectivity index (χ1n) is 10.3. The first-order chi connectivity index (χ1) is 14.8. The van der Waals surface area contributed by atoms with Crippen molar-refractivity contribution in [1.82, 2.24) is 10.3 Å². The predicted octanol–water partition coefficient (Wildman–Crippen LogP) is 5.10. The maximum absolute atomic E-state index is 12.8. The maximum atomic E-state index is 12.8. The molecule has 0 saturated heterocycles. The number of hydrogen-bond acceptors (Lipinski definition) is 3. The Labute approximate surface area is 176 Å². The number of carbonyl (C=O) groups excluding carboxylic acids is 1. The van der Waals surface area contributed by atoms with E-state index >= 15 is 0 Å². The van der Waals surface area contributed by atoms with E-state index in [1.165, 1.54) is 0 Å². The number of nitrogens with one attached hydrogen (secondary N) is 2. The van der Waals surface area contributed by atoms with Gasteiger partial charge in [0.05, 0.1) is 6.61 Å². The Hall–Kier alpha value is -3.37. The van der Waals surface area contributed by atoms with Crippen molar-refractivity contribution >= 4 is 16.9 Å². The molecule has 152 valence electrons. The van der Waals surface area contributed by atoms with Crippen molar-refractivity contribution < 1.29 is 9.53 Å². The van der Waals surface area contributed by atoms with E-state index in [-0.39, 0.29) is 5.97 Å². The molecule has 1 atom stereocenters. The molecule has 0 aliphatic heterocycles. The van der Waals surface area contributed by atoms with Crippen LogP contribution >= 0.6 is 0 Å². The zero-order valence-electron chi connectivity index (χ0n) is 17.1. The van der Waals surface area contributed by atoms with Crippen molar-refractivity contribution in [3.63, 3.8) is 0 Å². The van der Waals surface area contributed by atoms with Gasteiger partial charge in [-0.15, -0.1) is 0 Å². The van der Waals surface area contributed by atoms with Gasteiger partial charge in [0.15, 0.2) is 0 Å². The van der Waals surface area contributed by atoms with Crippen molar-refractivity contribution in [3.05, 3.63) is 96.1 Å². The molecule has 0 aliphatic rings. The number of carbonyl (C=O) groups is 1. The average molecular weight is 399 g/mol. The van der Waals surface area contributed by atoms with Crippen LogP contribution in [0.4, 0.5) is 0 Å². The van der Waals surface area contributed by atoms with E-state index in [2.05, 4.69) is 46.7 Å². The summed E-state index contributed by atoms with van der Waals surface area (Å²) in [7, 11) is 0. The summed E-state index contributed by atoms with van der Waals surface area (Å²) in [6.45, 7) is 2.81. The summed E-state index contributed by atoms with van der Waals surface area (Å²) in [5, 5.41) is 4.55. The van der Waals surface area contributed by atoms with Gasteiger partial charge >= 0.3 is 5.97 Å². The number of rotatable bonds is 8. The van der Waals surface area contributed by atoms with Gasteiger partial charge < -0.3 is 15.0 Å². The van der Waals surface area contributed by atoms with Crippen molar-refractivity contribution in [3.8, 4) is 11.3 Å². The highest BCUT2D eigenvalue weighted by molar-refractivity contribution is 5.91. The van der Waals surface area contributed by atoms with Crippen molar-refractivity contribution in [2.75, 3.05) is 6.61 Å². The van der Waals surface area contributed by atoms with E-state index in [0.29, 0.717) is 19.6 Å². The zero-order chi connectivity index (χ0) is 20.8. The van der Waals surface area contributed by atoms with Gasteiger partial charge in [0.2, 0.25) is 0 Å². The number of esters is 1. The summed E-state index contributed by atoms with van der Waals surface area (Å²) in [6.07, 6.45) is 0.542. The molecule has 0 bridgehead atoms. The van der Waals surface area contributed by atoms with Crippen LogP contribution in [-0.4, -0.2) is 23.6 Å². The molecular formula is C26H26N2O2. The van der Waals surface area contributed by atoms with Crippen LogP contribution in [0.5, 0.6) is 0 Å². The number of ether oxygens (including phenoxy) is 1. The largest absolute Gasteiger partial charge is 0.465 e. The van der Waals surface area contributed by atoms with Crippen LogP contribution in [0, 0.1) is 0 Å². The van der Waals surface area contributed by atoms with Gasteiger partial charge in [-0.05, 0) is 29.7 Å². The van der Waals surface area contributed by atoms with Gasteiger partial charge in [-0.1, -0.05) is 78.9 Å². The molecule has 30 heavy (non-hydrogen) atoms. The molecule has 2 N–H and O–H groups in total. The molecule has 0 amide bonds. The van der Waals surface area contributed by atoms with E-state index in [0.717, 1.165) is 33.3 Å². The average Bonchev–Trinajstić information content (AvgIpc) is 3.16.